The Morgan fingerprint density at radius 1 is 1.20 bits per heavy atom. The van der Waals surface area contributed by atoms with Crippen molar-refractivity contribution in [3.63, 3.8) is 0 Å². The molecule has 1 aliphatic heterocycles. The Balaban J connectivity index is 2.03. The highest BCUT2D eigenvalue weighted by atomic mass is 16.3. The Kier molecular flexibility index (Phi) is 3.23. The normalized spacial score (nSPS) is 18.1. The molecule has 15 heavy (non-hydrogen) atoms. The maximum absolute atomic E-state index is 8.96. The number of nitrogens with zero attached hydrogens (tertiary/aromatic N) is 1. The highest BCUT2D eigenvalue weighted by molar-refractivity contribution is 5.47. The fraction of sp³-hybridized carbons (Fsp3) is 0.500. The Morgan fingerprint density at radius 2 is 1.80 bits per heavy atom. The number of piperazine rings is 1. The highest BCUT2D eigenvalue weighted by Gasteiger charge is 2.16. The van der Waals surface area contributed by atoms with Gasteiger partial charge in [-0.2, -0.15) is 0 Å². The Morgan fingerprint density at radius 3 is 2.33 bits per heavy atom. The van der Waals surface area contributed by atoms with Crippen LogP contribution in [0.5, 0.6) is 0 Å². The number of aliphatic hydroxyl groups is 1. The van der Waals surface area contributed by atoms with E-state index in [1.807, 2.05) is 12.1 Å². The second-order valence-electron chi connectivity index (χ2n) is 4.27. The number of benzene rings is 1. The molecular weight excluding hydrogens is 188 g/mol. The maximum atomic E-state index is 8.96. The van der Waals surface area contributed by atoms with E-state index in [9.17, 15) is 0 Å². The van der Waals surface area contributed by atoms with Gasteiger partial charge in [0.05, 0.1) is 39.8 Å². The van der Waals surface area contributed by atoms with Gasteiger partial charge in [0, 0.05) is 5.69 Å². The summed E-state index contributed by atoms with van der Waals surface area (Å²) in [5, 5.41) is 8.96. The van der Waals surface area contributed by atoms with Crippen molar-refractivity contribution in [1.82, 2.24) is 0 Å². The zero-order valence-corrected chi connectivity index (χ0v) is 9.24. The molecule has 3 heteroatoms. The number of anilines is 1. The van der Waals surface area contributed by atoms with Crippen molar-refractivity contribution in [2.75, 3.05) is 38.1 Å². The van der Waals surface area contributed by atoms with Gasteiger partial charge in [0.2, 0.25) is 0 Å². The van der Waals surface area contributed by atoms with Crippen molar-refractivity contribution < 1.29 is 10.0 Å². The van der Waals surface area contributed by atoms with Crippen LogP contribution < -0.4 is 9.80 Å². The molecule has 1 fully saturated rings. The molecule has 2 N–H and O–H groups in total. The Hall–Kier alpha value is -1.06. The summed E-state index contributed by atoms with van der Waals surface area (Å²) < 4.78 is 0. The van der Waals surface area contributed by atoms with Crippen LogP contribution in [-0.4, -0.2) is 38.3 Å². The fourth-order valence-corrected chi connectivity index (χ4v) is 1.96. The van der Waals surface area contributed by atoms with Gasteiger partial charge < -0.3 is 14.9 Å². The van der Waals surface area contributed by atoms with E-state index < -0.39 is 0 Å². The van der Waals surface area contributed by atoms with E-state index >= 15 is 0 Å². The van der Waals surface area contributed by atoms with Crippen LogP contribution in [0.4, 0.5) is 5.69 Å². The zero-order chi connectivity index (χ0) is 10.7. The number of likely N-dealkylation sites (N-methyl/N-ethyl adjacent to an activating group) is 1. The topological polar surface area (TPSA) is 27.9 Å². The summed E-state index contributed by atoms with van der Waals surface area (Å²) in [7, 11) is 2.24. The predicted molar refractivity (Wildman–Crippen MR) is 61.2 cm³/mol. The molecule has 1 aromatic rings. The van der Waals surface area contributed by atoms with E-state index in [-0.39, 0.29) is 6.61 Å². The van der Waals surface area contributed by atoms with Gasteiger partial charge in [0.25, 0.3) is 0 Å². The number of hydrogen-bond acceptors (Lipinski definition) is 2. The van der Waals surface area contributed by atoms with Crippen LogP contribution in [0.1, 0.15) is 5.56 Å². The van der Waals surface area contributed by atoms with Crippen molar-refractivity contribution in [2.45, 2.75) is 6.61 Å². The lowest BCUT2D eigenvalue weighted by atomic mass is 10.2. The van der Waals surface area contributed by atoms with Crippen LogP contribution in [0.3, 0.4) is 0 Å². The molecule has 2 rings (SSSR count). The summed E-state index contributed by atoms with van der Waals surface area (Å²) in [6, 6.07) is 8.21. The second kappa shape index (κ2) is 4.64. The van der Waals surface area contributed by atoms with E-state index in [2.05, 4.69) is 24.1 Å². The average Bonchev–Trinajstić information content (AvgIpc) is 2.30. The molecule has 82 valence electrons. The minimum Gasteiger partial charge on any atom is -0.392 e. The van der Waals surface area contributed by atoms with Crippen LogP contribution in [0, 0.1) is 0 Å². The monoisotopic (exact) mass is 207 g/mol. The minimum atomic E-state index is 0.132. The van der Waals surface area contributed by atoms with Crippen LogP contribution in [-0.2, 0) is 6.61 Å². The quantitative estimate of drug-likeness (QED) is 0.685. The maximum Gasteiger partial charge on any atom is 0.0947 e. The van der Waals surface area contributed by atoms with Gasteiger partial charge in [-0.15, -0.1) is 0 Å². The molecule has 1 aliphatic rings. The van der Waals surface area contributed by atoms with E-state index in [1.165, 1.54) is 18.8 Å². The molecule has 0 bridgehead atoms. The first-order valence-corrected chi connectivity index (χ1v) is 5.55. The molecule has 0 unspecified atom stereocenters. The van der Waals surface area contributed by atoms with Gasteiger partial charge in [-0.1, -0.05) is 12.1 Å². The first kappa shape index (κ1) is 10.5. The smallest absolute Gasteiger partial charge is 0.0947 e. The van der Waals surface area contributed by atoms with Crippen molar-refractivity contribution in [3.8, 4) is 0 Å². The summed E-state index contributed by atoms with van der Waals surface area (Å²) in [4.78, 5) is 4.02. The van der Waals surface area contributed by atoms with Crippen LogP contribution in [0.25, 0.3) is 0 Å². The minimum absolute atomic E-state index is 0.132. The van der Waals surface area contributed by atoms with Crippen LogP contribution >= 0.6 is 0 Å². The van der Waals surface area contributed by atoms with Crippen molar-refractivity contribution in [2.24, 2.45) is 0 Å². The fourth-order valence-electron chi connectivity index (χ4n) is 1.96. The van der Waals surface area contributed by atoms with Crippen molar-refractivity contribution >= 4 is 5.69 Å². The van der Waals surface area contributed by atoms with E-state index in [1.54, 1.807) is 4.90 Å². The average molecular weight is 207 g/mol. The third-order valence-corrected chi connectivity index (χ3v) is 3.10. The first-order valence-electron chi connectivity index (χ1n) is 5.55. The van der Waals surface area contributed by atoms with E-state index in [4.69, 9.17) is 5.11 Å². The third kappa shape index (κ3) is 2.49. The second-order valence-corrected chi connectivity index (χ2v) is 4.27. The number of quaternary nitrogens is 1. The van der Waals surface area contributed by atoms with E-state index in [0.29, 0.717) is 0 Å². The van der Waals surface area contributed by atoms with Crippen molar-refractivity contribution in [1.29, 1.82) is 0 Å². The molecule has 0 aromatic heterocycles. The lowest BCUT2D eigenvalue weighted by Crippen LogP contribution is -3.12. The summed E-state index contributed by atoms with van der Waals surface area (Å²) in [5.41, 5.74) is 2.26. The van der Waals surface area contributed by atoms with Crippen molar-refractivity contribution in [3.05, 3.63) is 29.8 Å². The van der Waals surface area contributed by atoms with Gasteiger partial charge in [0.1, 0.15) is 0 Å². The summed E-state index contributed by atoms with van der Waals surface area (Å²) in [6.45, 7) is 4.81. The molecule has 1 heterocycles. The zero-order valence-electron chi connectivity index (χ0n) is 9.24. The number of nitrogens with one attached hydrogen (secondary N) is 1. The molecule has 3 nitrogen and oxygen atoms in total. The number of rotatable bonds is 2. The third-order valence-electron chi connectivity index (χ3n) is 3.10. The largest absolute Gasteiger partial charge is 0.392 e. The first-order chi connectivity index (χ1) is 7.29. The van der Waals surface area contributed by atoms with Gasteiger partial charge in [-0.25, -0.2) is 0 Å². The summed E-state index contributed by atoms with van der Waals surface area (Å²) in [6.07, 6.45) is 0. The Labute approximate surface area is 90.9 Å². The summed E-state index contributed by atoms with van der Waals surface area (Å²) in [5.74, 6) is 0. The summed E-state index contributed by atoms with van der Waals surface area (Å²) >= 11 is 0. The molecular formula is C12H19N2O+. The molecule has 0 amide bonds. The van der Waals surface area contributed by atoms with Gasteiger partial charge in [-0.05, 0) is 17.7 Å². The SMILES string of the molecule is C[NH+]1CCN(c2ccc(CO)cc2)CC1. The molecule has 0 aliphatic carbocycles. The lowest BCUT2D eigenvalue weighted by molar-refractivity contribution is -0.880. The highest BCUT2D eigenvalue weighted by Crippen LogP contribution is 2.14. The molecule has 1 saturated heterocycles. The van der Waals surface area contributed by atoms with Crippen LogP contribution in [0.15, 0.2) is 24.3 Å². The lowest BCUT2D eigenvalue weighted by Gasteiger charge is -2.31. The number of aliphatic hydroxyl groups excluding tert-OH is 1. The predicted octanol–water partition coefficient (Wildman–Crippen LogP) is -0.486. The van der Waals surface area contributed by atoms with Gasteiger partial charge in [0.15, 0.2) is 0 Å². The standard InChI is InChI=1S/C12H18N2O/c1-13-6-8-14(9-7-13)12-4-2-11(10-15)3-5-12/h2-5,15H,6-10H2,1H3/p+1. The Bertz CT molecular complexity index is 302. The van der Waals surface area contributed by atoms with E-state index in [0.717, 1.165) is 18.7 Å². The van der Waals surface area contributed by atoms with Crippen LogP contribution in [0.2, 0.25) is 0 Å². The molecule has 0 atom stereocenters. The molecule has 1 aromatic carbocycles. The van der Waals surface area contributed by atoms with Gasteiger partial charge in [-0.3, -0.25) is 0 Å². The molecule has 0 spiro atoms. The molecule has 0 radical (unpaired) electrons. The number of hydrogen-bond donors (Lipinski definition) is 2. The van der Waals surface area contributed by atoms with Gasteiger partial charge >= 0.3 is 0 Å². The molecule has 0 saturated carbocycles.